The molecule has 4 saturated carbocycles. The quantitative estimate of drug-likeness (QED) is 0.821. The summed E-state index contributed by atoms with van der Waals surface area (Å²) in [5.41, 5.74) is 5.96. The Morgan fingerprint density at radius 3 is 2.38 bits per heavy atom. The van der Waals surface area contributed by atoms with Gasteiger partial charge < -0.3 is 0 Å². The topological polar surface area (TPSA) is 71.1 Å². The molecule has 2 N–H and O–H groups in total. The van der Waals surface area contributed by atoms with Crippen molar-refractivity contribution in [2.45, 2.75) is 52.4 Å². The van der Waals surface area contributed by atoms with Gasteiger partial charge in [0.1, 0.15) is 0 Å². The number of hydrogen-bond acceptors (Lipinski definition) is 3. The maximum Gasteiger partial charge on any atom is 0.271 e. The minimum absolute atomic E-state index is 0.0127. The first kappa shape index (κ1) is 15.6. The van der Waals surface area contributed by atoms with Crippen molar-refractivity contribution in [3.8, 4) is 0 Å². The molecule has 0 radical (unpaired) electrons. The number of carbonyl (C=O) groups is 2. The van der Waals surface area contributed by atoms with E-state index in [0.29, 0.717) is 11.5 Å². The lowest BCUT2D eigenvalue weighted by molar-refractivity contribution is -0.170. The molecule has 2 atom stereocenters. The van der Waals surface area contributed by atoms with E-state index in [0.717, 1.165) is 19.3 Å². The Labute approximate surface area is 142 Å². The van der Waals surface area contributed by atoms with Crippen LogP contribution in [0.5, 0.6) is 0 Å². The van der Waals surface area contributed by atoms with E-state index in [1.807, 2.05) is 0 Å². The molecule has 2 unspecified atom stereocenters. The van der Waals surface area contributed by atoms with Crippen molar-refractivity contribution in [1.29, 1.82) is 0 Å². The molecular weight excluding hydrogens is 302 g/mol. The molecule has 128 valence electrons. The third kappa shape index (κ3) is 2.50. The zero-order chi connectivity index (χ0) is 17.0. The summed E-state index contributed by atoms with van der Waals surface area (Å²) in [6, 6.07) is 3.39. The summed E-state index contributed by atoms with van der Waals surface area (Å²) >= 11 is 0. The molecule has 0 aromatic carbocycles. The largest absolute Gasteiger partial charge is 0.273 e. The van der Waals surface area contributed by atoms with Gasteiger partial charge in [-0.1, -0.05) is 13.8 Å². The summed E-state index contributed by atoms with van der Waals surface area (Å²) in [6.45, 7) is 4.68. The van der Waals surface area contributed by atoms with Crippen LogP contribution in [0.1, 0.15) is 62.7 Å². The second-order valence-electron chi connectivity index (χ2n) is 9.06. The molecule has 0 aliphatic heterocycles. The van der Waals surface area contributed by atoms with Gasteiger partial charge in [0, 0.05) is 12.4 Å². The number of nitrogens with one attached hydrogen (secondary N) is 2. The Hall–Kier alpha value is -1.91. The van der Waals surface area contributed by atoms with Crippen molar-refractivity contribution in [3.63, 3.8) is 0 Å². The zero-order valence-corrected chi connectivity index (χ0v) is 14.4. The number of carbonyl (C=O) groups excluding carboxylic acids is 2. The van der Waals surface area contributed by atoms with Crippen LogP contribution in [0, 0.1) is 22.2 Å². The highest BCUT2D eigenvalue weighted by Gasteiger charge is 2.62. The standard InChI is InChI=1S/C19H25N3O2/c1-17-6-13-7-18(2,10-17)12-19(8-13,11-17)16(24)22-21-15(23)14-4-3-5-20-9-14/h3-5,9,13H,6-8,10-12H2,1-2H3,(H,21,23)(H,22,24). The molecule has 5 heteroatoms. The SMILES string of the molecule is CC12CC3CC(C)(C1)CC(C(=O)NNC(=O)c1cccnc1)(C3)C2. The van der Waals surface area contributed by atoms with E-state index in [1.165, 1.54) is 25.5 Å². The highest BCUT2D eigenvalue weighted by Crippen LogP contribution is 2.69. The molecule has 5 nitrogen and oxygen atoms in total. The van der Waals surface area contributed by atoms with Gasteiger partial charge in [0.05, 0.1) is 11.0 Å². The van der Waals surface area contributed by atoms with Gasteiger partial charge in [0.15, 0.2) is 0 Å². The number of hydrazine groups is 1. The lowest BCUT2D eigenvalue weighted by atomic mass is 9.40. The Bertz CT molecular complexity index is 669. The van der Waals surface area contributed by atoms with Crippen LogP contribution in [0.2, 0.25) is 0 Å². The summed E-state index contributed by atoms with van der Waals surface area (Å²) in [5.74, 6) is 0.316. The maximum absolute atomic E-state index is 13.0. The van der Waals surface area contributed by atoms with E-state index >= 15 is 0 Å². The van der Waals surface area contributed by atoms with Gasteiger partial charge in [-0.3, -0.25) is 25.4 Å². The van der Waals surface area contributed by atoms with E-state index < -0.39 is 0 Å². The van der Waals surface area contributed by atoms with Crippen molar-refractivity contribution < 1.29 is 9.59 Å². The van der Waals surface area contributed by atoms with Crippen molar-refractivity contribution >= 4 is 11.8 Å². The molecule has 4 aliphatic carbocycles. The smallest absolute Gasteiger partial charge is 0.271 e. The van der Waals surface area contributed by atoms with Crippen molar-refractivity contribution in [2.24, 2.45) is 22.2 Å². The predicted molar refractivity (Wildman–Crippen MR) is 89.7 cm³/mol. The molecule has 0 saturated heterocycles. The van der Waals surface area contributed by atoms with E-state index in [-0.39, 0.29) is 28.1 Å². The summed E-state index contributed by atoms with van der Waals surface area (Å²) in [7, 11) is 0. The number of aromatic nitrogens is 1. The lowest BCUT2D eigenvalue weighted by Gasteiger charge is -2.64. The predicted octanol–water partition coefficient (Wildman–Crippen LogP) is 2.84. The minimum atomic E-state index is -0.321. The van der Waals surface area contributed by atoms with Gasteiger partial charge in [-0.15, -0.1) is 0 Å². The summed E-state index contributed by atoms with van der Waals surface area (Å²) in [5, 5.41) is 0. The van der Waals surface area contributed by atoms with Gasteiger partial charge in [-0.25, -0.2) is 0 Å². The van der Waals surface area contributed by atoms with Crippen LogP contribution in [0.3, 0.4) is 0 Å². The highest BCUT2D eigenvalue weighted by molar-refractivity contribution is 5.95. The van der Waals surface area contributed by atoms with Crippen LogP contribution in [0.15, 0.2) is 24.5 Å². The molecule has 1 aromatic heterocycles. The first-order chi connectivity index (χ1) is 11.3. The number of amides is 2. The first-order valence-electron chi connectivity index (χ1n) is 8.83. The van der Waals surface area contributed by atoms with Crippen LogP contribution in [0.25, 0.3) is 0 Å². The van der Waals surface area contributed by atoms with E-state index in [1.54, 1.807) is 18.3 Å². The minimum Gasteiger partial charge on any atom is -0.273 e. The molecule has 24 heavy (non-hydrogen) atoms. The third-order valence-electron chi connectivity index (χ3n) is 6.32. The average Bonchev–Trinajstić information content (AvgIpc) is 2.49. The zero-order valence-electron chi connectivity index (χ0n) is 14.4. The number of nitrogens with zero attached hydrogens (tertiary/aromatic N) is 1. The highest BCUT2D eigenvalue weighted by atomic mass is 16.2. The summed E-state index contributed by atoms with van der Waals surface area (Å²) in [6.07, 6.45) is 9.70. The average molecular weight is 327 g/mol. The van der Waals surface area contributed by atoms with Crippen LogP contribution in [0.4, 0.5) is 0 Å². The molecule has 1 heterocycles. The molecule has 0 spiro atoms. The van der Waals surface area contributed by atoms with Gasteiger partial charge in [0.2, 0.25) is 5.91 Å². The van der Waals surface area contributed by atoms with Crippen LogP contribution in [-0.4, -0.2) is 16.8 Å². The Kier molecular flexibility index (Phi) is 3.28. The molecule has 5 rings (SSSR count). The third-order valence-corrected chi connectivity index (χ3v) is 6.32. The fourth-order valence-electron chi connectivity index (χ4n) is 6.52. The maximum atomic E-state index is 13.0. The van der Waals surface area contributed by atoms with E-state index in [9.17, 15) is 9.59 Å². The Morgan fingerprint density at radius 1 is 1.08 bits per heavy atom. The Balaban J connectivity index is 1.48. The van der Waals surface area contributed by atoms with Gasteiger partial charge in [-0.2, -0.15) is 0 Å². The number of hydrogen-bond donors (Lipinski definition) is 2. The van der Waals surface area contributed by atoms with Gasteiger partial charge in [0.25, 0.3) is 5.91 Å². The van der Waals surface area contributed by atoms with Crippen LogP contribution in [-0.2, 0) is 4.79 Å². The summed E-state index contributed by atoms with van der Waals surface area (Å²) in [4.78, 5) is 29.0. The van der Waals surface area contributed by atoms with Gasteiger partial charge >= 0.3 is 0 Å². The van der Waals surface area contributed by atoms with Crippen molar-refractivity contribution in [1.82, 2.24) is 15.8 Å². The number of pyridine rings is 1. The number of rotatable bonds is 2. The lowest BCUT2D eigenvalue weighted by Crippen LogP contribution is -2.61. The molecule has 4 bridgehead atoms. The fraction of sp³-hybridized carbons (Fsp3) is 0.632. The van der Waals surface area contributed by atoms with E-state index in [4.69, 9.17) is 0 Å². The molecule has 4 fully saturated rings. The van der Waals surface area contributed by atoms with Crippen LogP contribution >= 0.6 is 0 Å². The molecular formula is C19H25N3O2. The molecule has 2 amide bonds. The first-order valence-corrected chi connectivity index (χ1v) is 8.83. The Morgan fingerprint density at radius 2 is 1.79 bits per heavy atom. The summed E-state index contributed by atoms with van der Waals surface area (Å²) < 4.78 is 0. The monoisotopic (exact) mass is 327 g/mol. The van der Waals surface area contributed by atoms with Crippen molar-refractivity contribution in [3.05, 3.63) is 30.1 Å². The van der Waals surface area contributed by atoms with E-state index in [2.05, 4.69) is 29.7 Å². The van der Waals surface area contributed by atoms with Crippen molar-refractivity contribution in [2.75, 3.05) is 0 Å². The van der Waals surface area contributed by atoms with Gasteiger partial charge in [-0.05, 0) is 67.4 Å². The second-order valence-corrected chi connectivity index (χ2v) is 9.06. The fourth-order valence-corrected chi connectivity index (χ4v) is 6.52. The molecule has 1 aromatic rings. The van der Waals surface area contributed by atoms with Crippen LogP contribution < -0.4 is 10.9 Å². The second kappa shape index (κ2) is 5.04. The molecule has 4 aliphatic rings. The normalized spacial score (nSPS) is 39.5.